The molecule has 0 unspecified atom stereocenters. The third-order valence-electron chi connectivity index (χ3n) is 5.08. The molecule has 0 radical (unpaired) electrons. The predicted molar refractivity (Wildman–Crippen MR) is 121 cm³/mol. The maximum atomic E-state index is 12.4. The van der Waals surface area contributed by atoms with E-state index in [4.69, 9.17) is 4.74 Å². The molecule has 1 aliphatic heterocycles. The van der Waals surface area contributed by atoms with Gasteiger partial charge in [0.2, 0.25) is 0 Å². The van der Waals surface area contributed by atoms with E-state index < -0.39 is 10.2 Å². The molecule has 31 heavy (non-hydrogen) atoms. The topological polar surface area (TPSA) is 78.9 Å². The Kier molecular flexibility index (Phi) is 6.25. The fraction of sp³-hybridized carbons (Fsp3) is 0.167. The lowest BCUT2D eigenvalue weighted by Crippen LogP contribution is -2.29. The second-order valence-corrected chi connectivity index (χ2v) is 8.81. The van der Waals surface area contributed by atoms with Gasteiger partial charge < -0.3 is 9.84 Å². The zero-order valence-corrected chi connectivity index (χ0v) is 17.8. The highest BCUT2D eigenvalue weighted by Gasteiger charge is 2.26. The Morgan fingerprint density at radius 2 is 1.65 bits per heavy atom. The smallest absolute Gasteiger partial charge is 0.327 e. The summed E-state index contributed by atoms with van der Waals surface area (Å²) in [6.07, 6.45) is 4.10. The van der Waals surface area contributed by atoms with E-state index >= 15 is 0 Å². The van der Waals surface area contributed by atoms with Crippen molar-refractivity contribution in [2.45, 2.75) is 19.4 Å². The quantitative estimate of drug-likeness (QED) is 0.566. The Labute approximate surface area is 182 Å². The third kappa shape index (κ3) is 4.90. The van der Waals surface area contributed by atoms with E-state index in [2.05, 4.69) is 4.72 Å². The lowest BCUT2D eigenvalue weighted by atomic mass is 9.98. The van der Waals surface area contributed by atoms with Crippen LogP contribution in [0.15, 0.2) is 85.2 Å². The van der Waals surface area contributed by atoms with E-state index in [0.717, 1.165) is 22.3 Å². The summed E-state index contributed by atoms with van der Waals surface area (Å²) >= 11 is 0. The van der Waals surface area contributed by atoms with E-state index in [1.54, 1.807) is 6.07 Å². The second kappa shape index (κ2) is 9.24. The van der Waals surface area contributed by atoms with E-state index in [1.807, 2.05) is 66.7 Å². The predicted octanol–water partition coefficient (Wildman–Crippen LogP) is 3.52. The second-order valence-electron chi connectivity index (χ2n) is 7.23. The number of aliphatic hydroxyl groups excluding tert-OH is 1. The first-order valence-corrected chi connectivity index (χ1v) is 11.5. The average molecular weight is 437 g/mol. The van der Waals surface area contributed by atoms with Gasteiger partial charge in [-0.05, 0) is 47.2 Å². The van der Waals surface area contributed by atoms with Crippen LogP contribution in [0, 0.1) is 0 Å². The number of ether oxygens (including phenoxy) is 1. The van der Waals surface area contributed by atoms with Gasteiger partial charge in [0, 0.05) is 19.0 Å². The van der Waals surface area contributed by atoms with Gasteiger partial charge in [-0.1, -0.05) is 60.7 Å². The fourth-order valence-electron chi connectivity index (χ4n) is 3.55. The maximum Gasteiger partial charge on any atom is 0.327 e. The lowest BCUT2D eigenvalue weighted by Gasteiger charge is -2.20. The minimum Gasteiger partial charge on any atom is -0.487 e. The number of nitrogens with zero attached hydrogens (tertiary/aromatic N) is 1. The molecule has 0 amide bonds. The van der Waals surface area contributed by atoms with Crippen LogP contribution in [0.2, 0.25) is 0 Å². The van der Waals surface area contributed by atoms with E-state index in [9.17, 15) is 13.5 Å². The van der Waals surface area contributed by atoms with Crippen LogP contribution in [0.1, 0.15) is 22.3 Å². The summed E-state index contributed by atoms with van der Waals surface area (Å²) in [5.74, 6) is 0.484. The van der Waals surface area contributed by atoms with E-state index in [0.29, 0.717) is 30.9 Å². The SMILES string of the molecule is O=S1(=O)NC=CN1c1ccc(Cc2ccccc2CCO)cc1OCc1ccccc1. The van der Waals surface area contributed by atoms with Crippen LogP contribution in [0.4, 0.5) is 5.69 Å². The van der Waals surface area contributed by atoms with Crippen LogP contribution in [0.5, 0.6) is 5.75 Å². The number of nitrogens with one attached hydrogen (secondary N) is 1. The number of benzene rings is 3. The molecule has 1 aliphatic rings. The van der Waals surface area contributed by atoms with Crippen LogP contribution in [-0.2, 0) is 29.7 Å². The molecule has 6 nitrogen and oxygen atoms in total. The lowest BCUT2D eigenvalue weighted by molar-refractivity contribution is 0.299. The van der Waals surface area contributed by atoms with Crippen molar-refractivity contribution in [3.05, 3.63) is 107 Å². The number of rotatable bonds is 8. The minimum atomic E-state index is -3.67. The van der Waals surface area contributed by atoms with Crippen LogP contribution in [0.3, 0.4) is 0 Å². The summed E-state index contributed by atoms with van der Waals surface area (Å²) in [6.45, 7) is 0.414. The molecule has 160 valence electrons. The van der Waals surface area contributed by atoms with Gasteiger partial charge in [-0.2, -0.15) is 8.42 Å². The molecule has 3 aromatic rings. The Morgan fingerprint density at radius 1 is 0.903 bits per heavy atom. The maximum absolute atomic E-state index is 12.4. The molecule has 2 N–H and O–H groups in total. The zero-order chi connectivity index (χ0) is 21.7. The molecule has 3 aromatic carbocycles. The first-order valence-electron chi connectivity index (χ1n) is 10.0. The molecule has 4 rings (SSSR count). The van der Waals surface area contributed by atoms with Crippen molar-refractivity contribution < 1.29 is 18.3 Å². The third-order valence-corrected chi connectivity index (χ3v) is 6.35. The summed E-state index contributed by atoms with van der Waals surface area (Å²) < 4.78 is 34.3. The van der Waals surface area contributed by atoms with Crippen molar-refractivity contribution in [1.29, 1.82) is 0 Å². The first-order chi connectivity index (χ1) is 15.1. The average Bonchev–Trinajstić information content (AvgIpc) is 3.13. The summed E-state index contributed by atoms with van der Waals surface area (Å²) in [7, 11) is -3.67. The van der Waals surface area contributed by atoms with Crippen LogP contribution in [0.25, 0.3) is 0 Å². The van der Waals surface area contributed by atoms with Crippen molar-refractivity contribution in [3.63, 3.8) is 0 Å². The molecule has 0 saturated carbocycles. The number of hydrogen-bond donors (Lipinski definition) is 2. The molecule has 0 aromatic heterocycles. The Hall–Kier alpha value is -3.29. The molecule has 0 atom stereocenters. The molecule has 0 aliphatic carbocycles. The molecule has 0 spiro atoms. The van der Waals surface area contributed by atoms with Crippen molar-refractivity contribution in [2.75, 3.05) is 10.9 Å². The van der Waals surface area contributed by atoms with Crippen LogP contribution < -0.4 is 13.8 Å². The Morgan fingerprint density at radius 3 is 2.35 bits per heavy atom. The van der Waals surface area contributed by atoms with Gasteiger partial charge in [-0.3, -0.25) is 4.72 Å². The van der Waals surface area contributed by atoms with Crippen LogP contribution in [-0.4, -0.2) is 20.1 Å². The molecule has 1 heterocycles. The zero-order valence-electron chi connectivity index (χ0n) is 16.9. The van der Waals surface area contributed by atoms with Gasteiger partial charge in [-0.15, -0.1) is 0 Å². The van der Waals surface area contributed by atoms with E-state index in [1.165, 1.54) is 16.7 Å². The number of aliphatic hydroxyl groups is 1. The minimum absolute atomic E-state index is 0.0908. The number of anilines is 1. The van der Waals surface area contributed by atoms with Crippen molar-refractivity contribution >= 4 is 15.9 Å². The largest absolute Gasteiger partial charge is 0.487 e. The first kappa shape index (κ1) is 21.0. The Balaban J connectivity index is 1.66. The van der Waals surface area contributed by atoms with Gasteiger partial charge >= 0.3 is 10.2 Å². The monoisotopic (exact) mass is 436 g/mol. The van der Waals surface area contributed by atoms with Crippen molar-refractivity contribution in [1.82, 2.24) is 4.72 Å². The Bertz CT molecular complexity index is 1180. The molecule has 0 fully saturated rings. The van der Waals surface area contributed by atoms with Gasteiger partial charge in [0.15, 0.2) is 0 Å². The molecule has 0 bridgehead atoms. The molecule has 0 saturated heterocycles. The molecular weight excluding hydrogens is 412 g/mol. The van der Waals surface area contributed by atoms with E-state index in [-0.39, 0.29) is 6.61 Å². The standard InChI is InChI=1S/C24H24N2O4S/c27-15-12-21-8-4-5-9-22(21)16-20-10-11-23(26-14-13-25-31(26,28)29)24(17-20)30-18-19-6-2-1-3-7-19/h1-11,13-14,17,25,27H,12,15-16,18H2. The van der Waals surface area contributed by atoms with Gasteiger partial charge in [0.1, 0.15) is 18.0 Å². The summed E-state index contributed by atoms with van der Waals surface area (Å²) in [5.41, 5.74) is 4.64. The summed E-state index contributed by atoms with van der Waals surface area (Å²) in [6, 6.07) is 23.3. The highest BCUT2D eigenvalue weighted by atomic mass is 32.2. The molecule has 7 heteroatoms. The number of hydrogen-bond acceptors (Lipinski definition) is 4. The van der Waals surface area contributed by atoms with Crippen molar-refractivity contribution in [2.24, 2.45) is 0 Å². The highest BCUT2D eigenvalue weighted by molar-refractivity contribution is 7.91. The van der Waals surface area contributed by atoms with Crippen LogP contribution >= 0.6 is 0 Å². The fourth-order valence-corrected chi connectivity index (χ4v) is 4.52. The highest BCUT2D eigenvalue weighted by Crippen LogP contribution is 2.34. The molecular formula is C24H24N2O4S. The summed E-state index contributed by atoms with van der Waals surface area (Å²) in [5, 5.41) is 9.34. The summed E-state index contributed by atoms with van der Waals surface area (Å²) in [4.78, 5) is 0. The van der Waals surface area contributed by atoms with Crippen molar-refractivity contribution in [3.8, 4) is 5.75 Å². The normalized spacial score (nSPS) is 14.4. The van der Waals surface area contributed by atoms with Gasteiger partial charge in [0.05, 0.1) is 0 Å². The van der Waals surface area contributed by atoms with Gasteiger partial charge in [0.25, 0.3) is 0 Å². The van der Waals surface area contributed by atoms with Gasteiger partial charge in [-0.25, -0.2) is 4.31 Å².